The Morgan fingerprint density at radius 1 is 1.19 bits per heavy atom. The molecule has 0 aliphatic carbocycles. The Bertz CT molecular complexity index is 805. The van der Waals surface area contributed by atoms with Gasteiger partial charge in [-0.15, -0.1) is 0 Å². The number of aryl methyl sites for hydroxylation is 3. The Hall–Kier alpha value is -2.50. The summed E-state index contributed by atoms with van der Waals surface area (Å²) in [6.07, 6.45) is 2.74. The number of amides is 1. The van der Waals surface area contributed by atoms with Crippen LogP contribution in [0.1, 0.15) is 56.5 Å². The lowest BCUT2D eigenvalue weighted by molar-refractivity contribution is -0.121. The molecule has 1 aliphatic rings. The van der Waals surface area contributed by atoms with E-state index in [1.807, 2.05) is 25.1 Å². The molecule has 0 saturated heterocycles. The summed E-state index contributed by atoms with van der Waals surface area (Å²) in [6, 6.07) is 5.80. The maximum absolute atomic E-state index is 12.1. The molecule has 0 bridgehead atoms. The quantitative estimate of drug-likeness (QED) is 0.751. The number of carbonyl (C=O) groups is 1. The van der Waals surface area contributed by atoms with Crippen molar-refractivity contribution in [1.29, 1.82) is 0 Å². The fourth-order valence-corrected chi connectivity index (χ4v) is 2.90. The van der Waals surface area contributed by atoms with Crippen molar-refractivity contribution in [2.24, 2.45) is 0 Å². The van der Waals surface area contributed by atoms with E-state index >= 15 is 0 Å². The topological polar surface area (TPSA) is 73.6 Å². The molecule has 1 aromatic carbocycles. The number of benzene rings is 1. The van der Waals surface area contributed by atoms with E-state index in [1.54, 1.807) is 0 Å². The summed E-state index contributed by atoms with van der Waals surface area (Å²) in [4.78, 5) is 16.6. The van der Waals surface area contributed by atoms with Gasteiger partial charge in [0, 0.05) is 24.8 Å². The molecule has 1 aromatic heterocycles. The van der Waals surface area contributed by atoms with Gasteiger partial charge >= 0.3 is 0 Å². The maximum atomic E-state index is 12.1. The van der Waals surface area contributed by atoms with Crippen LogP contribution >= 0.6 is 0 Å². The van der Waals surface area contributed by atoms with Crippen LogP contribution in [0.3, 0.4) is 0 Å². The van der Waals surface area contributed by atoms with Gasteiger partial charge in [0.2, 0.25) is 12.7 Å². The lowest BCUT2D eigenvalue weighted by atomic mass is 9.97. The van der Waals surface area contributed by atoms with Crippen molar-refractivity contribution < 1.29 is 18.7 Å². The van der Waals surface area contributed by atoms with Gasteiger partial charge in [0.05, 0.1) is 5.69 Å². The van der Waals surface area contributed by atoms with Gasteiger partial charge in [0.25, 0.3) is 0 Å². The largest absolute Gasteiger partial charge is 0.454 e. The smallest absolute Gasteiger partial charge is 0.231 e. The fourth-order valence-electron chi connectivity index (χ4n) is 2.90. The van der Waals surface area contributed by atoms with E-state index in [1.165, 1.54) is 0 Å². The summed E-state index contributed by atoms with van der Waals surface area (Å²) in [5.41, 5.74) is 1.92. The number of ether oxygens (including phenoxy) is 2. The third kappa shape index (κ3) is 5.02. The van der Waals surface area contributed by atoms with Crippen LogP contribution in [0.25, 0.3) is 0 Å². The van der Waals surface area contributed by atoms with Crippen molar-refractivity contribution in [3.05, 3.63) is 41.1 Å². The Morgan fingerprint density at radius 3 is 2.70 bits per heavy atom. The van der Waals surface area contributed by atoms with E-state index < -0.39 is 0 Å². The SMILES string of the molecule is Cc1nc(C(C)(C)C)oc1CCCNC(=O)CCc1ccc2c(c1)OCO2. The van der Waals surface area contributed by atoms with E-state index in [-0.39, 0.29) is 18.1 Å². The molecule has 0 spiro atoms. The monoisotopic (exact) mass is 372 g/mol. The summed E-state index contributed by atoms with van der Waals surface area (Å²) in [5.74, 6) is 3.25. The first-order chi connectivity index (χ1) is 12.8. The second kappa shape index (κ2) is 8.03. The van der Waals surface area contributed by atoms with Crippen LogP contribution in [0.4, 0.5) is 0 Å². The van der Waals surface area contributed by atoms with Gasteiger partial charge in [-0.05, 0) is 37.5 Å². The number of carbonyl (C=O) groups excluding carboxylic acids is 1. The van der Waals surface area contributed by atoms with Crippen molar-refractivity contribution in [3.8, 4) is 11.5 Å². The van der Waals surface area contributed by atoms with Gasteiger partial charge in [-0.3, -0.25) is 4.79 Å². The van der Waals surface area contributed by atoms with Crippen molar-refractivity contribution in [1.82, 2.24) is 10.3 Å². The Balaban J connectivity index is 1.38. The predicted molar refractivity (Wildman–Crippen MR) is 102 cm³/mol. The highest BCUT2D eigenvalue weighted by molar-refractivity contribution is 5.76. The average molecular weight is 372 g/mol. The zero-order valence-electron chi connectivity index (χ0n) is 16.6. The normalized spacial score (nSPS) is 13.0. The molecule has 0 unspecified atom stereocenters. The third-order valence-electron chi connectivity index (χ3n) is 4.51. The molecule has 1 amide bonds. The third-order valence-corrected chi connectivity index (χ3v) is 4.51. The van der Waals surface area contributed by atoms with E-state index in [0.717, 1.165) is 47.2 Å². The second-order valence-corrected chi connectivity index (χ2v) is 7.92. The number of aromatic nitrogens is 1. The molecular formula is C21H28N2O4. The van der Waals surface area contributed by atoms with E-state index in [2.05, 4.69) is 31.1 Å². The summed E-state index contributed by atoms with van der Waals surface area (Å²) < 4.78 is 16.5. The molecule has 6 nitrogen and oxygen atoms in total. The second-order valence-electron chi connectivity index (χ2n) is 7.92. The molecule has 27 heavy (non-hydrogen) atoms. The number of nitrogens with one attached hydrogen (secondary N) is 1. The maximum Gasteiger partial charge on any atom is 0.231 e. The summed E-state index contributed by atoms with van der Waals surface area (Å²) in [6.45, 7) is 9.12. The zero-order chi connectivity index (χ0) is 19.4. The highest BCUT2D eigenvalue weighted by Crippen LogP contribution is 2.32. The fraction of sp³-hybridized carbons (Fsp3) is 0.524. The van der Waals surface area contributed by atoms with Crippen molar-refractivity contribution in [2.75, 3.05) is 13.3 Å². The number of fused-ring (bicyclic) bond motifs is 1. The van der Waals surface area contributed by atoms with Gasteiger partial charge in [-0.25, -0.2) is 4.98 Å². The van der Waals surface area contributed by atoms with Crippen LogP contribution in [-0.2, 0) is 23.1 Å². The highest BCUT2D eigenvalue weighted by Gasteiger charge is 2.22. The molecule has 0 radical (unpaired) electrons. The zero-order valence-corrected chi connectivity index (χ0v) is 16.6. The minimum Gasteiger partial charge on any atom is -0.454 e. The van der Waals surface area contributed by atoms with Crippen LogP contribution < -0.4 is 14.8 Å². The predicted octanol–water partition coefficient (Wildman–Crippen LogP) is 3.69. The molecule has 1 N–H and O–H groups in total. The molecule has 1 aliphatic heterocycles. The minimum atomic E-state index is -0.0913. The van der Waals surface area contributed by atoms with Gasteiger partial charge in [0.15, 0.2) is 17.4 Å². The van der Waals surface area contributed by atoms with E-state index in [9.17, 15) is 4.79 Å². The number of hydrogen-bond acceptors (Lipinski definition) is 5. The Labute approximate surface area is 160 Å². The first-order valence-electron chi connectivity index (χ1n) is 9.45. The van der Waals surface area contributed by atoms with Gasteiger partial charge in [0.1, 0.15) is 5.76 Å². The van der Waals surface area contributed by atoms with Crippen LogP contribution in [0.2, 0.25) is 0 Å². The summed E-state index contributed by atoms with van der Waals surface area (Å²) in [5, 5.41) is 2.98. The molecule has 0 fully saturated rings. The van der Waals surface area contributed by atoms with Gasteiger partial charge < -0.3 is 19.2 Å². The van der Waals surface area contributed by atoms with Crippen LogP contribution in [0.5, 0.6) is 11.5 Å². The van der Waals surface area contributed by atoms with E-state index in [4.69, 9.17) is 13.9 Å². The first-order valence-corrected chi connectivity index (χ1v) is 9.45. The molecule has 6 heteroatoms. The van der Waals surface area contributed by atoms with E-state index in [0.29, 0.717) is 19.4 Å². The number of hydrogen-bond donors (Lipinski definition) is 1. The molecular weight excluding hydrogens is 344 g/mol. The van der Waals surface area contributed by atoms with Gasteiger partial charge in [-0.2, -0.15) is 0 Å². The highest BCUT2D eigenvalue weighted by atomic mass is 16.7. The molecule has 0 atom stereocenters. The molecule has 3 rings (SSSR count). The van der Waals surface area contributed by atoms with Crippen molar-refractivity contribution in [3.63, 3.8) is 0 Å². The van der Waals surface area contributed by atoms with Crippen LogP contribution in [0, 0.1) is 6.92 Å². The molecule has 0 saturated carbocycles. The first kappa shape index (κ1) is 19.3. The minimum absolute atomic E-state index is 0.0531. The summed E-state index contributed by atoms with van der Waals surface area (Å²) >= 11 is 0. The number of nitrogens with zero attached hydrogens (tertiary/aromatic N) is 1. The van der Waals surface area contributed by atoms with Crippen LogP contribution in [0.15, 0.2) is 22.6 Å². The Morgan fingerprint density at radius 2 is 1.96 bits per heavy atom. The number of rotatable bonds is 7. The van der Waals surface area contributed by atoms with Crippen LogP contribution in [-0.4, -0.2) is 24.2 Å². The molecule has 2 heterocycles. The number of oxazole rings is 1. The lowest BCUT2D eigenvalue weighted by Gasteiger charge is -2.12. The standard InChI is InChI=1S/C21H28N2O4/c1-14-16(27-20(23-14)21(2,3)4)6-5-11-22-19(24)10-8-15-7-9-17-18(12-15)26-13-25-17/h7,9,12H,5-6,8,10-11,13H2,1-4H3,(H,22,24). The summed E-state index contributed by atoms with van der Waals surface area (Å²) in [7, 11) is 0. The van der Waals surface area contributed by atoms with Gasteiger partial charge in [-0.1, -0.05) is 26.8 Å². The molecule has 2 aromatic rings. The lowest BCUT2D eigenvalue weighted by Crippen LogP contribution is -2.25. The van der Waals surface area contributed by atoms with Crippen molar-refractivity contribution >= 4 is 5.91 Å². The Kier molecular flexibility index (Phi) is 5.73. The average Bonchev–Trinajstić information content (AvgIpc) is 3.22. The molecule has 146 valence electrons. The van der Waals surface area contributed by atoms with Crippen molar-refractivity contribution in [2.45, 2.75) is 58.8 Å².